The fraction of sp³-hybridized carbons (Fsp3) is 0.375. The van der Waals surface area contributed by atoms with Crippen LogP contribution < -0.4 is 0 Å². The van der Waals surface area contributed by atoms with Gasteiger partial charge in [0.05, 0.1) is 45.0 Å². The molecule has 0 atom stereocenters. The quantitative estimate of drug-likeness (QED) is 0.121. The molecule has 0 saturated carbocycles. The summed E-state index contributed by atoms with van der Waals surface area (Å²) in [7, 11) is 0. The molecule has 0 bridgehead atoms. The molecular weight excluding hydrogens is 998 g/mol. The normalized spacial score (nSPS) is 11.5. The molecule has 0 spiro atoms. The molecule has 2 rings (SSSR count). The highest BCUT2D eigenvalue weighted by atomic mass is 127. The highest BCUT2D eigenvalue weighted by Crippen LogP contribution is 2.37. The summed E-state index contributed by atoms with van der Waals surface area (Å²) in [6.07, 6.45) is 0. The second-order valence-electron chi connectivity index (χ2n) is 8.91. The number of hydrogen-bond donors (Lipinski definition) is 7. The molecule has 41 heavy (non-hydrogen) atoms. The number of phenols is 4. The maximum atomic E-state index is 11.6. The van der Waals surface area contributed by atoms with Gasteiger partial charge in [-0.2, -0.15) is 0 Å². The van der Waals surface area contributed by atoms with E-state index < -0.39 is 37.5 Å². The predicted molar refractivity (Wildman–Crippen MR) is 180 cm³/mol. The largest absolute Gasteiger partial charge is 0.506 e. The molecule has 0 aliphatic heterocycles. The average molecular weight is 1030 g/mol. The Morgan fingerprint density at radius 3 is 1.02 bits per heavy atom. The Labute approximate surface area is 289 Å². The van der Waals surface area contributed by atoms with Gasteiger partial charge < -0.3 is 35.7 Å². The van der Waals surface area contributed by atoms with Crippen molar-refractivity contribution in [3.63, 3.8) is 0 Å². The van der Waals surface area contributed by atoms with E-state index in [0.29, 0.717) is 14.3 Å². The summed E-state index contributed by atoms with van der Waals surface area (Å²) >= 11 is 7.59. The van der Waals surface area contributed by atoms with Crippen LogP contribution in [-0.4, -0.2) is 114 Å². The van der Waals surface area contributed by atoms with E-state index in [1.165, 1.54) is 14.7 Å². The van der Waals surface area contributed by atoms with E-state index in [1.807, 2.05) is 90.4 Å². The number of carboxylic acids is 3. The van der Waals surface area contributed by atoms with Crippen LogP contribution in [0, 0.1) is 14.3 Å². The zero-order chi connectivity index (χ0) is 31.0. The van der Waals surface area contributed by atoms with E-state index in [1.54, 1.807) is 12.1 Å². The summed E-state index contributed by atoms with van der Waals surface area (Å²) in [5.74, 6) is -4.18. The lowest BCUT2D eigenvalue weighted by atomic mass is 10.1. The number of hydrogen-bond acceptors (Lipinski definition) is 10. The monoisotopic (exact) mass is 1020 g/mol. The maximum absolute atomic E-state index is 11.6. The fourth-order valence-electron chi connectivity index (χ4n) is 3.88. The van der Waals surface area contributed by atoms with Crippen LogP contribution in [0.15, 0.2) is 12.1 Å². The lowest BCUT2D eigenvalue weighted by Crippen LogP contribution is -2.43. The van der Waals surface area contributed by atoms with Crippen molar-refractivity contribution in [3.05, 3.63) is 37.5 Å². The smallest absolute Gasteiger partial charge is 0.317 e. The molecule has 2 aromatic carbocycles. The van der Waals surface area contributed by atoms with Gasteiger partial charge in [0.2, 0.25) is 0 Å². The number of rotatable bonds is 16. The van der Waals surface area contributed by atoms with Gasteiger partial charge in [0.15, 0.2) is 0 Å². The van der Waals surface area contributed by atoms with Gasteiger partial charge in [-0.3, -0.25) is 29.1 Å². The average Bonchev–Trinajstić information content (AvgIpc) is 2.86. The van der Waals surface area contributed by atoms with Gasteiger partial charge >= 0.3 is 17.9 Å². The molecule has 226 valence electrons. The molecule has 0 aromatic heterocycles. The van der Waals surface area contributed by atoms with E-state index in [-0.39, 0.29) is 73.4 Å². The Kier molecular flexibility index (Phi) is 14.6. The maximum Gasteiger partial charge on any atom is 0.317 e. The number of carbonyl (C=O) groups is 3. The third-order valence-electron chi connectivity index (χ3n) is 5.86. The number of aliphatic carboxylic acids is 3. The minimum atomic E-state index is -1.16. The van der Waals surface area contributed by atoms with Gasteiger partial charge in [0.1, 0.15) is 23.0 Å². The summed E-state index contributed by atoms with van der Waals surface area (Å²) < 4.78 is 1.89. The van der Waals surface area contributed by atoms with Gasteiger partial charge in [0, 0.05) is 39.3 Å². The van der Waals surface area contributed by atoms with Crippen LogP contribution in [0.4, 0.5) is 0 Å². The lowest BCUT2D eigenvalue weighted by molar-refractivity contribution is -0.140. The van der Waals surface area contributed by atoms with Crippen molar-refractivity contribution < 1.29 is 50.1 Å². The van der Waals surface area contributed by atoms with Crippen LogP contribution in [0.5, 0.6) is 23.0 Å². The lowest BCUT2D eigenvalue weighted by Gasteiger charge is -2.29. The van der Waals surface area contributed by atoms with E-state index >= 15 is 0 Å². The van der Waals surface area contributed by atoms with Crippen molar-refractivity contribution >= 4 is 108 Å². The fourth-order valence-corrected chi connectivity index (χ4v) is 7.62. The molecule has 0 saturated heterocycles. The molecule has 7 N–H and O–H groups in total. The standard InChI is InChI=1S/C24H27I4N3O10/c25-14-5-15(26)22(39)12(21(14)38)7-30(10-19(34)35)3-1-29(9-18(32)33)2-4-31(11-20(36)37)8-13-23(40)16(27)6-17(28)24(13)41/h5-6,38-41H,1-4,7-11H2,(H,32,33)(H,34,35)(H,36,37). The summed E-state index contributed by atoms with van der Waals surface area (Å²) in [6, 6.07) is 3.15. The number of benzene rings is 2. The minimum absolute atomic E-state index is 0.0517. The second kappa shape index (κ2) is 16.6. The third kappa shape index (κ3) is 11.1. The van der Waals surface area contributed by atoms with Crippen LogP contribution >= 0.6 is 90.4 Å². The Hall–Kier alpha value is -1.15. The van der Waals surface area contributed by atoms with E-state index in [4.69, 9.17) is 0 Å². The Bertz CT molecular complexity index is 1160. The van der Waals surface area contributed by atoms with Crippen molar-refractivity contribution in [1.29, 1.82) is 0 Å². The topological polar surface area (TPSA) is 203 Å². The van der Waals surface area contributed by atoms with Gasteiger partial charge in [-0.15, -0.1) is 0 Å². The molecule has 17 heteroatoms. The number of halogens is 4. The van der Waals surface area contributed by atoms with Gasteiger partial charge in [-0.25, -0.2) is 0 Å². The number of phenolic OH excluding ortho intramolecular Hbond substituents is 4. The molecule has 13 nitrogen and oxygen atoms in total. The van der Waals surface area contributed by atoms with E-state index in [0.717, 1.165) is 0 Å². The number of nitrogens with zero attached hydrogens (tertiary/aromatic N) is 3. The molecule has 0 amide bonds. The highest BCUT2D eigenvalue weighted by Gasteiger charge is 2.23. The highest BCUT2D eigenvalue weighted by molar-refractivity contribution is 14.1. The summed E-state index contributed by atoms with van der Waals surface area (Å²) in [5, 5.41) is 70.2. The molecule has 0 fully saturated rings. The van der Waals surface area contributed by atoms with Crippen molar-refractivity contribution in [2.75, 3.05) is 45.8 Å². The van der Waals surface area contributed by atoms with Crippen molar-refractivity contribution in [1.82, 2.24) is 14.7 Å². The first-order valence-electron chi connectivity index (χ1n) is 11.7. The van der Waals surface area contributed by atoms with E-state index in [9.17, 15) is 50.1 Å². The van der Waals surface area contributed by atoms with Crippen LogP contribution in [0.3, 0.4) is 0 Å². The SMILES string of the molecule is O=C(O)CN(CCN(CC(=O)O)Cc1c(O)c(I)cc(I)c1O)CCN(CC(=O)O)Cc1c(O)c(I)cc(I)c1O. The van der Waals surface area contributed by atoms with E-state index in [2.05, 4.69) is 0 Å². The number of aromatic hydroxyl groups is 4. The molecular formula is C24H27I4N3O10. The van der Waals surface area contributed by atoms with Crippen molar-refractivity contribution in [2.24, 2.45) is 0 Å². The van der Waals surface area contributed by atoms with Gasteiger partial charge in [0.25, 0.3) is 0 Å². The Balaban J connectivity index is 2.22. The molecule has 0 aliphatic rings. The van der Waals surface area contributed by atoms with Gasteiger partial charge in [-0.05, 0) is 102 Å². The summed E-state index contributed by atoms with van der Waals surface area (Å²) in [6.45, 7) is -1.31. The van der Waals surface area contributed by atoms with Crippen LogP contribution in [-0.2, 0) is 27.5 Å². The third-order valence-corrected chi connectivity index (χ3v) is 9.15. The van der Waals surface area contributed by atoms with Crippen LogP contribution in [0.25, 0.3) is 0 Å². The summed E-state index contributed by atoms with van der Waals surface area (Å²) in [4.78, 5) is 39.0. The summed E-state index contributed by atoms with van der Waals surface area (Å²) in [5.41, 5.74) is 0.290. The Morgan fingerprint density at radius 2 is 0.756 bits per heavy atom. The van der Waals surface area contributed by atoms with Crippen LogP contribution in [0.1, 0.15) is 11.1 Å². The second-order valence-corrected chi connectivity index (χ2v) is 13.6. The first-order chi connectivity index (χ1) is 19.1. The van der Waals surface area contributed by atoms with Crippen LogP contribution in [0.2, 0.25) is 0 Å². The molecule has 0 unspecified atom stereocenters. The number of carboxylic acid groups (broad SMARTS) is 3. The molecule has 0 aliphatic carbocycles. The molecule has 0 radical (unpaired) electrons. The zero-order valence-electron chi connectivity index (χ0n) is 21.2. The Morgan fingerprint density at radius 1 is 0.512 bits per heavy atom. The van der Waals surface area contributed by atoms with Gasteiger partial charge in [-0.1, -0.05) is 0 Å². The minimum Gasteiger partial charge on any atom is -0.506 e. The first-order valence-corrected chi connectivity index (χ1v) is 16.0. The molecule has 0 heterocycles. The first kappa shape index (κ1) is 36.0. The van der Waals surface area contributed by atoms with Crippen molar-refractivity contribution in [3.8, 4) is 23.0 Å². The zero-order valence-corrected chi connectivity index (χ0v) is 29.9. The predicted octanol–water partition coefficient (Wildman–Crippen LogP) is 2.79. The van der Waals surface area contributed by atoms with Crippen molar-refractivity contribution in [2.45, 2.75) is 13.1 Å². The molecule has 2 aromatic rings.